The Balaban J connectivity index is 2.69. The number of hydrogen-bond donors (Lipinski definition) is 0. The van der Waals surface area contributed by atoms with E-state index < -0.39 is 0 Å². The number of nitrogens with zero attached hydrogens (tertiary/aromatic N) is 2. The van der Waals surface area contributed by atoms with Crippen molar-refractivity contribution in [3.63, 3.8) is 0 Å². The van der Waals surface area contributed by atoms with Gasteiger partial charge >= 0.3 is 5.69 Å². The fraction of sp³-hybridized carbons (Fsp3) is 0.500. The number of furan rings is 1. The quantitative estimate of drug-likeness (QED) is 0.803. The molecule has 0 spiro atoms. The molecule has 0 aliphatic heterocycles. The maximum Gasteiger partial charge on any atom is 0.333 e. The van der Waals surface area contributed by atoms with Gasteiger partial charge in [-0.2, -0.15) is 0 Å². The molecular weight excluding hydrogens is 220 g/mol. The lowest BCUT2D eigenvalue weighted by Gasteiger charge is -2.01. The first kappa shape index (κ1) is 11.7. The van der Waals surface area contributed by atoms with E-state index in [1.54, 1.807) is 13.1 Å². The summed E-state index contributed by atoms with van der Waals surface area (Å²) in [5.74, 6) is 0.764. The van der Waals surface area contributed by atoms with Gasteiger partial charge in [0.2, 0.25) is 5.71 Å². The molecule has 0 saturated carbocycles. The third-order valence-corrected chi connectivity index (χ3v) is 2.95. The maximum absolute atomic E-state index is 11.9. The predicted octanol–water partition coefficient (Wildman–Crippen LogP) is 1.17. The summed E-state index contributed by atoms with van der Waals surface area (Å²) in [5, 5.41) is 0.473. The van der Waals surface area contributed by atoms with Crippen LogP contribution in [0.3, 0.4) is 0 Å². The van der Waals surface area contributed by atoms with Gasteiger partial charge in [-0.3, -0.25) is 13.9 Å². The van der Waals surface area contributed by atoms with Gasteiger partial charge in [0.1, 0.15) is 11.1 Å². The fourth-order valence-electron chi connectivity index (χ4n) is 1.89. The van der Waals surface area contributed by atoms with E-state index in [9.17, 15) is 9.59 Å². The Hall–Kier alpha value is -1.78. The normalized spacial score (nSPS) is 11.2. The minimum absolute atomic E-state index is 0.297. The number of unbranched alkanes of at least 4 members (excludes halogenated alkanes) is 1. The molecule has 0 fully saturated rings. The molecule has 5 nitrogen and oxygen atoms in total. The molecule has 5 heteroatoms. The molecule has 0 bridgehead atoms. The van der Waals surface area contributed by atoms with Crippen molar-refractivity contribution in [2.45, 2.75) is 26.2 Å². The number of fused-ring (bicyclic) bond motifs is 1. The Bertz CT molecular complexity index is 661. The van der Waals surface area contributed by atoms with E-state index in [-0.39, 0.29) is 11.2 Å². The molecule has 92 valence electrons. The van der Waals surface area contributed by atoms with E-state index >= 15 is 0 Å². The molecule has 2 rings (SSSR count). The lowest BCUT2D eigenvalue weighted by atomic mass is 10.2. The molecule has 2 heterocycles. The van der Waals surface area contributed by atoms with Crippen molar-refractivity contribution in [1.29, 1.82) is 0 Å². The zero-order valence-electron chi connectivity index (χ0n) is 10.3. The zero-order valence-corrected chi connectivity index (χ0v) is 10.3. The first-order valence-electron chi connectivity index (χ1n) is 5.74. The van der Waals surface area contributed by atoms with Crippen LogP contribution in [0.1, 0.15) is 25.5 Å². The second kappa shape index (κ2) is 4.24. The summed E-state index contributed by atoms with van der Waals surface area (Å²) in [6.45, 7) is 2.09. The van der Waals surface area contributed by atoms with Crippen molar-refractivity contribution < 1.29 is 4.42 Å². The Morgan fingerprint density at radius 1 is 1.24 bits per heavy atom. The van der Waals surface area contributed by atoms with Crippen molar-refractivity contribution in [2.75, 3.05) is 0 Å². The first-order valence-corrected chi connectivity index (χ1v) is 5.74. The van der Waals surface area contributed by atoms with Gasteiger partial charge in [-0.15, -0.1) is 0 Å². The molecule has 2 aromatic rings. The topological polar surface area (TPSA) is 57.1 Å². The van der Waals surface area contributed by atoms with E-state index in [1.807, 2.05) is 0 Å². The van der Waals surface area contributed by atoms with Crippen LogP contribution in [-0.4, -0.2) is 9.13 Å². The Morgan fingerprint density at radius 3 is 2.59 bits per heavy atom. The van der Waals surface area contributed by atoms with Gasteiger partial charge in [0.15, 0.2) is 0 Å². The van der Waals surface area contributed by atoms with Gasteiger partial charge in [-0.1, -0.05) is 13.3 Å². The predicted molar refractivity (Wildman–Crippen MR) is 65.3 cm³/mol. The second-order valence-corrected chi connectivity index (χ2v) is 4.24. The van der Waals surface area contributed by atoms with Gasteiger partial charge < -0.3 is 4.42 Å². The minimum atomic E-state index is -0.362. The number of hydrogen-bond acceptors (Lipinski definition) is 3. The van der Waals surface area contributed by atoms with Crippen molar-refractivity contribution in [1.82, 2.24) is 9.13 Å². The number of aromatic nitrogens is 2. The molecule has 0 aromatic carbocycles. The summed E-state index contributed by atoms with van der Waals surface area (Å²) in [5.41, 5.74) is -0.294. The van der Waals surface area contributed by atoms with E-state index in [0.29, 0.717) is 11.1 Å². The first-order chi connectivity index (χ1) is 8.06. The highest BCUT2D eigenvalue weighted by Crippen LogP contribution is 2.15. The molecule has 17 heavy (non-hydrogen) atoms. The van der Waals surface area contributed by atoms with Gasteiger partial charge in [0, 0.05) is 20.5 Å². The lowest BCUT2D eigenvalue weighted by Crippen LogP contribution is -2.36. The molecule has 0 unspecified atom stereocenters. The number of rotatable bonds is 3. The summed E-state index contributed by atoms with van der Waals surface area (Å²) in [7, 11) is 3.08. The summed E-state index contributed by atoms with van der Waals surface area (Å²) >= 11 is 0. The molecule has 2 aromatic heterocycles. The van der Waals surface area contributed by atoms with Crippen LogP contribution in [0.2, 0.25) is 0 Å². The van der Waals surface area contributed by atoms with E-state index in [1.165, 1.54) is 11.6 Å². The van der Waals surface area contributed by atoms with Crippen molar-refractivity contribution in [3.05, 3.63) is 32.7 Å². The van der Waals surface area contributed by atoms with E-state index in [0.717, 1.165) is 29.6 Å². The van der Waals surface area contributed by atoms with Crippen molar-refractivity contribution in [3.8, 4) is 0 Å². The van der Waals surface area contributed by atoms with Crippen LogP contribution in [0.5, 0.6) is 0 Å². The molecular formula is C12H16N2O3. The third-order valence-electron chi connectivity index (χ3n) is 2.95. The van der Waals surface area contributed by atoms with E-state index in [4.69, 9.17) is 4.42 Å². The average molecular weight is 236 g/mol. The standard InChI is InChI=1S/C12H16N2O3/c1-4-5-6-8-7-9-10(15)13(2)12(16)14(3)11(9)17-8/h7H,4-6H2,1-3H3. The molecule has 0 N–H and O–H groups in total. The van der Waals surface area contributed by atoms with Gasteiger partial charge in [0.05, 0.1) is 0 Å². The average Bonchev–Trinajstić information content (AvgIpc) is 2.75. The highest BCUT2D eigenvalue weighted by molar-refractivity contribution is 5.73. The van der Waals surface area contributed by atoms with Crippen LogP contribution in [0.15, 0.2) is 20.1 Å². The molecule has 0 radical (unpaired) electrons. The third kappa shape index (κ3) is 1.81. The monoisotopic (exact) mass is 236 g/mol. The SMILES string of the molecule is CCCCc1cc2c(=O)n(C)c(=O)n(C)c2o1. The number of aryl methyl sites for hydroxylation is 2. The van der Waals surface area contributed by atoms with Crippen LogP contribution < -0.4 is 11.2 Å². The van der Waals surface area contributed by atoms with Crippen LogP contribution in [0, 0.1) is 0 Å². The van der Waals surface area contributed by atoms with Crippen LogP contribution in [0.4, 0.5) is 0 Å². The van der Waals surface area contributed by atoms with Crippen LogP contribution >= 0.6 is 0 Å². The molecule has 0 aliphatic rings. The Kier molecular flexibility index (Phi) is 2.92. The van der Waals surface area contributed by atoms with Crippen LogP contribution in [0.25, 0.3) is 11.1 Å². The second-order valence-electron chi connectivity index (χ2n) is 4.24. The van der Waals surface area contributed by atoms with Crippen molar-refractivity contribution in [2.24, 2.45) is 14.1 Å². The van der Waals surface area contributed by atoms with Gasteiger partial charge in [-0.05, 0) is 12.5 Å². The van der Waals surface area contributed by atoms with Crippen LogP contribution in [-0.2, 0) is 20.5 Å². The summed E-state index contributed by atoms with van der Waals surface area (Å²) in [6, 6.07) is 1.74. The highest BCUT2D eigenvalue weighted by Gasteiger charge is 2.13. The Labute approximate surface area is 98.3 Å². The van der Waals surface area contributed by atoms with E-state index in [2.05, 4.69) is 6.92 Å². The molecule has 0 saturated heterocycles. The largest absolute Gasteiger partial charge is 0.444 e. The summed E-state index contributed by atoms with van der Waals surface area (Å²) in [6.07, 6.45) is 2.87. The highest BCUT2D eigenvalue weighted by atomic mass is 16.3. The maximum atomic E-state index is 11.9. The molecule has 0 amide bonds. The lowest BCUT2D eigenvalue weighted by molar-refractivity contribution is 0.507. The summed E-state index contributed by atoms with van der Waals surface area (Å²) < 4.78 is 8.03. The summed E-state index contributed by atoms with van der Waals surface area (Å²) in [4.78, 5) is 23.6. The van der Waals surface area contributed by atoms with Crippen molar-refractivity contribution >= 4 is 11.1 Å². The van der Waals surface area contributed by atoms with Gasteiger partial charge in [-0.25, -0.2) is 4.79 Å². The fourth-order valence-corrected chi connectivity index (χ4v) is 1.89. The zero-order chi connectivity index (χ0) is 12.6. The molecule has 0 atom stereocenters. The smallest absolute Gasteiger partial charge is 0.333 e. The van der Waals surface area contributed by atoms with Gasteiger partial charge in [0.25, 0.3) is 5.56 Å². The minimum Gasteiger partial charge on any atom is -0.444 e. The Morgan fingerprint density at radius 2 is 1.94 bits per heavy atom. The molecule has 0 aliphatic carbocycles.